The molecule has 0 spiro atoms. The van der Waals surface area contributed by atoms with Crippen LogP contribution < -0.4 is 0 Å². The van der Waals surface area contributed by atoms with Gasteiger partial charge >= 0.3 is 5.97 Å². The molecule has 0 aromatic heterocycles. The molecule has 1 N–H and O–H groups in total. The molecular weight excluding hydrogens is 252 g/mol. The Morgan fingerprint density at radius 3 is 2.00 bits per heavy atom. The molecule has 0 aliphatic carbocycles. The van der Waals surface area contributed by atoms with Crippen molar-refractivity contribution in [3.05, 3.63) is 71.8 Å². The van der Waals surface area contributed by atoms with E-state index < -0.39 is 11.9 Å². The molecule has 0 saturated carbocycles. The van der Waals surface area contributed by atoms with Crippen molar-refractivity contribution in [2.75, 3.05) is 0 Å². The van der Waals surface area contributed by atoms with Crippen LogP contribution in [0.4, 0.5) is 0 Å². The standard InChI is InChI=1S/C17H16O3/c18-16(19)12-11-15(13-7-3-1-4-8-13)17(20)14-9-5-2-6-10-14/h1-10,15H,11-12H2,(H,18,19). The lowest BCUT2D eigenvalue weighted by molar-refractivity contribution is -0.137. The van der Waals surface area contributed by atoms with Gasteiger partial charge in [-0.3, -0.25) is 9.59 Å². The summed E-state index contributed by atoms with van der Waals surface area (Å²) in [6.07, 6.45) is 0.297. The fourth-order valence-corrected chi connectivity index (χ4v) is 2.21. The molecule has 0 aliphatic rings. The average Bonchev–Trinajstić information content (AvgIpc) is 2.49. The fourth-order valence-electron chi connectivity index (χ4n) is 2.21. The Morgan fingerprint density at radius 1 is 0.900 bits per heavy atom. The summed E-state index contributed by atoms with van der Waals surface area (Å²) < 4.78 is 0. The quantitative estimate of drug-likeness (QED) is 0.815. The Labute approximate surface area is 117 Å². The minimum Gasteiger partial charge on any atom is -0.481 e. The molecule has 0 fully saturated rings. The molecule has 0 radical (unpaired) electrons. The van der Waals surface area contributed by atoms with E-state index in [1.807, 2.05) is 48.5 Å². The molecule has 1 unspecified atom stereocenters. The third-order valence-corrected chi connectivity index (χ3v) is 3.22. The van der Waals surface area contributed by atoms with E-state index in [0.717, 1.165) is 5.56 Å². The number of hydrogen-bond acceptors (Lipinski definition) is 2. The van der Waals surface area contributed by atoms with Crippen molar-refractivity contribution in [3.8, 4) is 0 Å². The molecule has 0 bridgehead atoms. The largest absolute Gasteiger partial charge is 0.481 e. The van der Waals surface area contributed by atoms with Crippen LogP contribution >= 0.6 is 0 Å². The van der Waals surface area contributed by atoms with Gasteiger partial charge in [0.2, 0.25) is 0 Å². The lowest BCUT2D eigenvalue weighted by Gasteiger charge is -2.15. The highest BCUT2D eigenvalue weighted by atomic mass is 16.4. The van der Waals surface area contributed by atoms with E-state index in [9.17, 15) is 9.59 Å². The molecule has 0 heterocycles. The van der Waals surface area contributed by atoms with Crippen molar-refractivity contribution in [2.24, 2.45) is 0 Å². The first kappa shape index (κ1) is 14.0. The third-order valence-electron chi connectivity index (χ3n) is 3.22. The van der Waals surface area contributed by atoms with Crippen molar-refractivity contribution < 1.29 is 14.7 Å². The predicted molar refractivity (Wildman–Crippen MR) is 76.8 cm³/mol. The van der Waals surface area contributed by atoms with E-state index in [1.54, 1.807) is 12.1 Å². The predicted octanol–water partition coefficient (Wildman–Crippen LogP) is 3.52. The summed E-state index contributed by atoms with van der Waals surface area (Å²) in [5.74, 6) is -1.32. The lowest BCUT2D eigenvalue weighted by Crippen LogP contribution is -2.14. The minimum absolute atomic E-state index is 0.0157. The zero-order valence-electron chi connectivity index (χ0n) is 11.0. The maximum Gasteiger partial charge on any atom is 0.303 e. The minimum atomic E-state index is -0.883. The van der Waals surface area contributed by atoms with E-state index in [-0.39, 0.29) is 12.2 Å². The molecule has 0 amide bonds. The number of carbonyl (C=O) groups is 2. The fraction of sp³-hybridized carbons (Fsp3) is 0.176. The van der Waals surface area contributed by atoms with Crippen LogP contribution in [-0.4, -0.2) is 16.9 Å². The Balaban J connectivity index is 2.27. The van der Waals surface area contributed by atoms with E-state index in [1.165, 1.54) is 0 Å². The van der Waals surface area contributed by atoms with Crippen molar-refractivity contribution in [1.82, 2.24) is 0 Å². The number of aliphatic carboxylic acids is 1. The van der Waals surface area contributed by atoms with Crippen LogP contribution in [0.1, 0.15) is 34.7 Å². The van der Waals surface area contributed by atoms with Gasteiger partial charge in [-0.2, -0.15) is 0 Å². The first-order valence-corrected chi connectivity index (χ1v) is 6.54. The monoisotopic (exact) mass is 268 g/mol. The summed E-state index contributed by atoms with van der Waals surface area (Å²) in [5.41, 5.74) is 1.48. The van der Waals surface area contributed by atoms with Crippen LogP contribution in [-0.2, 0) is 4.79 Å². The van der Waals surface area contributed by atoms with Crippen LogP contribution in [0.3, 0.4) is 0 Å². The molecule has 2 rings (SSSR count). The summed E-state index contributed by atoms with van der Waals surface area (Å²) in [4.78, 5) is 23.3. The smallest absolute Gasteiger partial charge is 0.303 e. The highest BCUT2D eigenvalue weighted by Crippen LogP contribution is 2.25. The third kappa shape index (κ3) is 3.54. The summed E-state index contributed by atoms with van der Waals surface area (Å²) in [7, 11) is 0. The van der Waals surface area contributed by atoms with Crippen molar-refractivity contribution in [3.63, 3.8) is 0 Å². The maximum absolute atomic E-state index is 12.6. The average molecular weight is 268 g/mol. The van der Waals surface area contributed by atoms with Crippen LogP contribution in [0.5, 0.6) is 0 Å². The van der Waals surface area contributed by atoms with Gasteiger partial charge in [-0.15, -0.1) is 0 Å². The van der Waals surface area contributed by atoms with Crippen molar-refractivity contribution in [1.29, 1.82) is 0 Å². The summed E-state index contributed by atoms with van der Waals surface area (Å²) in [6, 6.07) is 18.3. The Morgan fingerprint density at radius 2 is 1.45 bits per heavy atom. The van der Waals surface area contributed by atoms with Gasteiger partial charge in [0, 0.05) is 17.9 Å². The number of Topliss-reactive ketones (excluding diaryl/α,β-unsaturated/α-hetero) is 1. The second-order valence-electron chi connectivity index (χ2n) is 4.63. The highest BCUT2D eigenvalue weighted by molar-refractivity contribution is 6.01. The normalized spacial score (nSPS) is 11.8. The van der Waals surface area contributed by atoms with Gasteiger partial charge in [0.05, 0.1) is 0 Å². The zero-order valence-corrected chi connectivity index (χ0v) is 11.0. The van der Waals surface area contributed by atoms with Crippen molar-refractivity contribution in [2.45, 2.75) is 18.8 Å². The molecule has 0 aliphatic heterocycles. The van der Waals surface area contributed by atoms with Crippen LogP contribution in [0.25, 0.3) is 0 Å². The van der Waals surface area contributed by atoms with Gasteiger partial charge in [-0.1, -0.05) is 60.7 Å². The molecule has 2 aromatic rings. The van der Waals surface area contributed by atoms with E-state index >= 15 is 0 Å². The Kier molecular flexibility index (Phi) is 4.66. The van der Waals surface area contributed by atoms with E-state index in [4.69, 9.17) is 5.11 Å². The summed E-state index contributed by atoms with van der Waals surface area (Å²) in [6.45, 7) is 0. The molecule has 3 heteroatoms. The van der Waals surface area contributed by atoms with Gasteiger partial charge in [0.1, 0.15) is 0 Å². The molecule has 2 aromatic carbocycles. The number of hydrogen-bond donors (Lipinski definition) is 1. The highest BCUT2D eigenvalue weighted by Gasteiger charge is 2.22. The van der Waals surface area contributed by atoms with Crippen LogP contribution in [0.2, 0.25) is 0 Å². The first-order valence-electron chi connectivity index (χ1n) is 6.54. The van der Waals surface area contributed by atoms with E-state index in [0.29, 0.717) is 12.0 Å². The number of carbonyl (C=O) groups excluding carboxylic acids is 1. The van der Waals surface area contributed by atoms with E-state index in [2.05, 4.69) is 0 Å². The summed E-state index contributed by atoms with van der Waals surface area (Å²) in [5, 5.41) is 8.85. The van der Waals surface area contributed by atoms with Crippen LogP contribution in [0.15, 0.2) is 60.7 Å². The zero-order chi connectivity index (χ0) is 14.4. The first-order chi connectivity index (χ1) is 9.68. The Hall–Kier alpha value is -2.42. The number of carboxylic acids is 1. The Bertz CT molecular complexity index is 576. The van der Waals surface area contributed by atoms with Gasteiger partial charge < -0.3 is 5.11 Å². The number of rotatable bonds is 6. The number of carboxylic acid groups (broad SMARTS) is 1. The molecule has 102 valence electrons. The van der Waals surface area contributed by atoms with Gasteiger partial charge in [0.25, 0.3) is 0 Å². The lowest BCUT2D eigenvalue weighted by atomic mass is 9.87. The summed E-state index contributed by atoms with van der Waals surface area (Å²) >= 11 is 0. The second kappa shape index (κ2) is 6.66. The number of benzene rings is 2. The molecule has 1 atom stereocenters. The molecule has 3 nitrogen and oxygen atoms in total. The number of ketones is 1. The maximum atomic E-state index is 12.6. The van der Waals surface area contributed by atoms with Crippen LogP contribution in [0, 0.1) is 0 Å². The SMILES string of the molecule is O=C(O)CCC(C(=O)c1ccccc1)c1ccccc1. The second-order valence-corrected chi connectivity index (χ2v) is 4.63. The van der Waals surface area contributed by atoms with Gasteiger partial charge in [0.15, 0.2) is 5.78 Å². The van der Waals surface area contributed by atoms with Gasteiger partial charge in [-0.05, 0) is 12.0 Å². The van der Waals surface area contributed by atoms with Gasteiger partial charge in [-0.25, -0.2) is 0 Å². The molecular formula is C17H16O3. The topological polar surface area (TPSA) is 54.4 Å². The molecule has 20 heavy (non-hydrogen) atoms. The van der Waals surface area contributed by atoms with Crippen molar-refractivity contribution >= 4 is 11.8 Å². The molecule has 0 saturated heterocycles.